The second-order valence-electron chi connectivity index (χ2n) is 2.85. The maximum absolute atomic E-state index is 10.4. The van der Waals surface area contributed by atoms with E-state index in [1.165, 1.54) is 19.2 Å². The van der Waals surface area contributed by atoms with Gasteiger partial charge in [-0.05, 0) is 12.1 Å². The van der Waals surface area contributed by atoms with Crippen molar-refractivity contribution in [1.82, 2.24) is 4.98 Å². The lowest BCUT2D eigenvalue weighted by Crippen LogP contribution is -2.07. The van der Waals surface area contributed by atoms with E-state index in [2.05, 4.69) is 4.98 Å². The Morgan fingerprint density at radius 3 is 2.87 bits per heavy atom. The van der Waals surface area contributed by atoms with Crippen molar-refractivity contribution in [3.63, 3.8) is 0 Å². The first kappa shape index (κ1) is 11.7. The number of aliphatic hydroxyl groups is 1. The summed E-state index contributed by atoms with van der Waals surface area (Å²) in [4.78, 5) is 14.2. The Morgan fingerprint density at radius 1 is 1.67 bits per heavy atom. The Balaban J connectivity index is 2.97. The van der Waals surface area contributed by atoms with E-state index < -0.39 is 18.5 Å². The minimum Gasteiger partial charge on any atom is -0.481 e. The molecule has 82 valence electrons. The van der Waals surface area contributed by atoms with Crippen LogP contribution in [0.3, 0.4) is 0 Å². The zero-order valence-corrected chi connectivity index (χ0v) is 8.73. The predicted octanol–water partition coefficient (Wildman–Crippen LogP) is 1.25. The lowest BCUT2D eigenvalue weighted by molar-refractivity contribution is -0.139. The number of rotatable bonds is 4. The molecule has 0 radical (unpaired) electrons. The zero-order valence-electron chi connectivity index (χ0n) is 7.98. The first-order valence-electron chi connectivity index (χ1n) is 4.15. The molecule has 0 aliphatic carbocycles. The molecule has 0 aromatic carbocycles. The Hall–Kier alpha value is -1.33. The van der Waals surface area contributed by atoms with E-state index in [0.29, 0.717) is 5.56 Å². The van der Waals surface area contributed by atoms with Crippen LogP contribution in [0.1, 0.15) is 18.1 Å². The van der Waals surface area contributed by atoms with Crippen molar-refractivity contribution in [1.29, 1.82) is 0 Å². The van der Waals surface area contributed by atoms with Crippen LogP contribution in [0.2, 0.25) is 5.15 Å². The summed E-state index contributed by atoms with van der Waals surface area (Å²) in [7, 11) is 1.37. The van der Waals surface area contributed by atoms with Crippen LogP contribution in [0.25, 0.3) is 0 Å². The molecular formula is C9H10ClNO4. The van der Waals surface area contributed by atoms with Crippen molar-refractivity contribution in [2.24, 2.45) is 0 Å². The fourth-order valence-corrected chi connectivity index (χ4v) is 1.26. The number of hydrogen-bond acceptors (Lipinski definition) is 4. The highest BCUT2D eigenvalue weighted by atomic mass is 35.5. The Kier molecular flexibility index (Phi) is 3.88. The van der Waals surface area contributed by atoms with Gasteiger partial charge in [0.15, 0.2) is 0 Å². The van der Waals surface area contributed by atoms with E-state index in [-0.39, 0.29) is 11.0 Å². The molecule has 1 aromatic heterocycles. The summed E-state index contributed by atoms with van der Waals surface area (Å²) >= 11 is 5.62. The minimum absolute atomic E-state index is 0.135. The maximum atomic E-state index is 10.4. The van der Waals surface area contributed by atoms with E-state index in [4.69, 9.17) is 21.4 Å². The van der Waals surface area contributed by atoms with Crippen molar-refractivity contribution in [2.45, 2.75) is 12.5 Å². The number of aliphatic hydroxyl groups excluding tert-OH is 1. The summed E-state index contributed by atoms with van der Waals surface area (Å²) in [5.41, 5.74) is 0.310. The summed E-state index contributed by atoms with van der Waals surface area (Å²) in [6, 6.07) is 2.95. The van der Waals surface area contributed by atoms with Crippen molar-refractivity contribution >= 4 is 17.6 Å². The number of nitrogens with zero attached hydrogens (tertiary/aromatic N) is 1. The SMILES string of the molecule is COc1nc(Cl)ccc1C(O)CC(=O)O. The van der Waals surface area contributed by atoms with Gasteiger partial charge in [0, 0.05) is 5.56 Å². The number of carboxylic acid groups (broad SMARTS) is 1. The van der Waals surface area contributed by atoms with Crippen LogP contribution < -0.4 is 4.74 Å². The molecule has 0 spiro atoms. The molecule has 0 saturated heterocycles. The second kappa shape index (κ2) is 4.95. The molecular weight excluding hydrogens is 222 g/mol. The Bertz CT molecular complexity index is 369. The average molecular weight is 232 g/mol. The summed E-state index contributed by atoms with van der Waals surface area (Å²) in [5.74, 6) is -0.962. The highest BCUT2D eigenvalue weighted by Gasteiger charge is 2.17. The molecule has 5 nitrogen and oxygen atoms in total. The van der Waals surface area contributed by atoms with Gasteiger partial charge < -0.3 is 14.9 Å². The number of methoxy groups -OCH3 is 1. The second-order valence-corrected chi connectivity index (χ2v) is 3.23. The number of aliphatic carboxylic acids is 1. The fraction of sp³-hybridized carbons (Fsp3) is 0.333. The molecule has 1 heterocycles. The molecule has 0 bridgehead atoms. The van der Waals surface area contributed by atoms with Crippen LogP contribution in [0.4, 0.5) is 0 Å². The van der Waals surface area contributed by atoms with Gasteiger partial charge in [-0.1, -0.05) is 11.6 Å². The molecule has 0 aliphatic rings. The first-order valence-corrected chi connectivity index (χ1v) is 4.52. The largest absolute Gasteiger partial charge is 0.481 e. The van der Waals surface area contributed by atoms with E-state index in [0.717, 1.165) is 0 Å². The van der Waals surface area contributed by atoms with E-state index in [1.807, 2.05) is 0 Å². The van der Waals surface area contributed by atoms with Crippen molar-refractivity contribution < 1.29 is 19.7 Å². The molecule has 0 amide bonds. The van der Waals surface area contributed by atoms with Gasteiger partial charge in [-0.3, -0.25) is 4.79 Å². The molecule has 1 aromatic rings. The summed E-state index contributed by atoms with van der Waals surface area (Å²) in [6.45, 7) is 0. The van der Waals surface area contributed by atoms with Crippen molar-refractivity contribution in [2.75, 3.05) is 7.11 Å². The number of carboxylic acids is 1. The monoisotopic (exact) mass is 231 g/mol. The number of pyridine rings is 1. The number of hydrogen-bond donors (Lipinski definition) is 2. The minimum atomic E-state index is -1.15. The molecule has 0 aliphatic heterocycles. The van der Waals surface area contributed by atoms with Crippen LogP contribution in [0.5, 0.6) is 5.88 Å². The maximum Gasteiger partial charge on any atom is 0.306 e. The third kappa shape index (κ3) is 3.07. The first-order chi connectivity index (χ1) is 7.04. The quantitative estimate of drug-likeness (QED) is 0.763. The predicted molar refractivity (Wildman–Crippen MR) is 53.0 cm³/mol. The lowest BCUT2D eigenvalue weighted by Gasteiger charge is -2.11. The smallest absolute Gasteiger partial charge is 0.306 e. The highest BCUT2D eigenvalue weighted by Crippen LogP contribution is 2.26. The van der Waals surface area contributed by atoms with Gasteiger partial charge in [-0.2, -0.15) is 0 Å². The van der Waals surface area contributed by atoms with Crippen LogP contribution >= 0.6 is 11.6 Å². The third-order valence-electron chi connectivity index (χ3n) is 1.78. The van der Waals surface area contributed by atoms with Gasteiger partial charge in [-0.15, -0.1) is 0 Å². The van der Waals surface area contributed by atoms with Crippen LogP contribution in [0, 0.1) is 0 Å². The van der Waals surface area contributed by atoms with E-state index >= 15 is 0 Å². The Morgan fingerprint density at radius 2 is 2.33 bits per heavy atom. The van der Waals surface area contributed by atoms with Gasteiger partial charge in [0.2, 0.25) is 5.88 Å². The molecule has 15 heavy (non-hydrogen) atoms. The van der Waals surface area contributed by atoms with Gasteiger partial charge in [0.25, 0.3) is 0 Å². The molecule has 0 fully saturated rings. The number of aromatic nitrogens is 1. The number of ether oxygens (including phenoxy) is 1. The molecule has 1 unspecified atom stereocenters. The van der Waals surface area contributed by atoms with Gasteiger partial charge in [-0.25, -0.2) is 4.98 Å². The molecule has 1 atom stereocenters. The van der Waals surface area contributed by atoms with Crippen LogP contribution in [-0.4, -0.2) is 28.3 Å². The highest BCUT2D eigenvalue weighted by molar-refractivity contribution is 6.29. The summed E-state index contributed by atoms with van der Waals surface area (Å²) in [5, 5.41) is 18.3. The van der Waals surface area contributed by atoms with Gasteiger partial charge in [0.1, 0.15) is 5.15 Å². The van der Waals surface area contributed by atoms with Gasteiger partial charge >= 0.3 is 5.97 Å². The fourth-order valence-electron chi connectivity index (χ4n) is 1.12. The van der Waals surface area contributed by atoms with Gasteiger partial charge in [0.05, 0.1) is 19.6 Å². The average Bonchev–Trinajstić information content (AvgIpc) is 2.16. The van der Waals surface area contributed by atoms with E-state index in [1.54, 1.807) is 0 Å². The topological polar surface area (TPSA) is 79.7 Å². The standard InChI is InChI=1S/C9H10ClNO4/c1-15-9-5(2-3-7(10)11-9)6(12)4-8(13)14/h2-3,6,12H,4H2,1H3,(H,13,14). The Labute approximate surface area is 91.3 Å². The molecule has 0 saturated carbocycles. The van der Waals surface area contributed by atoms with Crippen molar-refractivity contribution in [3.05, 3.63) is 22.8 Å². The zero-order chi connectivity index (χ0) is 11.4. The van der Waals surface area contributed by atoms with Crippen molar-refractivity contribution in [3.8, 4) is 5.88 Å². The summed E-state index contributed by atoms with van der Waals surface area (Å²) < 4.78 is 4.88. The number of halogens is 1. The third-order valence-corrected chi connectivity index (χ3v) is 1.99. The lowest BCUT2D eigenvalue weighted by atomic mass is 10.1. The molecule has 1 rings (SSSR count). The summed E-state index contributed by atoms with van der Waals surface area (Å²) in [6.07, 6.45) is -1.55. The van der Waals surface area contributed by atoms with Crippen LogP contribution in [-0.2, 0) is 4.79 Å². The molecule has 2 N–H and O–H groups in total. The molecule has 6 heteroatoms. The number of carbonyl (C=O) groups is 1. The van der Waals surface area contributed by atoms with E-state index in [9.17, 15) is 9.90 Å². The van der Waals surface area contributed by atoms with Crippen LogP contribution in [0.15, 0.2) is 12.1 Å². The normalized spacial score (nSPS) is 12.2.